The fourth-order valence-electron chi connectivity index (χ4n) is 3.30. The van der Waals surface area contributed by atoms with E-state index in [-0.39, 0.29) is 5.56 Å². The van der Waals surface area contributed by atoms with E-state index < -0.39 is 0 Å². The first-order chi connectivity index (χ1) is 12.7. The highest BCUT2D eigenvalue weighted by atomic mass is 32.1. The molecule has 4 nitrogen and oxygen atoms in total. The highest BCUT2D eigenvalue weighted by Crippen LogP contribution is 2.35. The Morgan fingerprint density at radius 2 is 2.04 bits per heavy atom. The minimum Gasteiger partial charge on any atom is -0.361 e. The van der Waals surface area contributed by atoms with Crippen LogP contribution in [0.25, 0.3) is 31.6 Å². The molecule has 128 valence electrons. The number of H-pyrrole nitrogens is 2. The van der Waals surface area contributed by atoms with Gasteiger partial charge in [-0.15, -0.1) is 22.7 Å². The molecule has 0 unspecified atom stereocenters. The Kier molecular flexibility index (Phi) is 3.55. The molecule has 0 aliphatic carbocycles. The summed E-state index contributed by atoms with van der Waals surface area (Å²) in [5.41, 5.74) is 3.15. The third-order valence-corrected chi connectivity index (χ3v) is 6.44. The lowest BCUT2D eigenvalue weighted by Crippen LogP contribution is -2.11. The molecule has 26 heavy (non-hydrogen) atoms. The lowest BCUT2D eigenvalue weighted by atomic mass is 10.1. The number of nitrogens with zero attached hydrogens (tertiary/aromatic N) is 1. The van der Waals surface area contributed by atoms with Gasteiger partial charge in [-0.2, -0.15) is 0 Å². The highest BCUT2D eigenvalue weighted by Gasteiger charge is 2.15. The Hall–Kier alpha value is -2.70. The molecule has 0 spiro atoms. The quantitative estimate of drug-likeness (QED) is 0.460. The molecule has 0 saturated carbocycles. The van der Waals surface area contributed by atoms with Crippen molar-refractivity contribution in [2.45, 2.75) is 13.3 Å². The van der Waals surface area contributed by atoms with Crippen molar-refractivity contribution in [2.75, 3.05) is 0 Å². The number of para-hydroxylation sites is 1. The number of nitrogens with one attached hydrogen (secondary N) is 2. The van der Waals surface area contributed by atoms with Crippen LogP contribution in [-0.2, 0) is 6.42 Å². The second-order valence-electron chi connectivity index (χ2n) is 6.29. The molecule has 1 aromatic carbocycles. The molecule has 5 aromatic rings. The molecule has 4 aromatic heterocycles. The van der Waals surface area contributed by atoms with Gasteiger partial charge in [0.2, 0.25) is 0 Å². The Morgan fingerprint density at radius 3 is 2.88 bits per heavy atom. The summed E-state index contributed by atoms with van der Waals surface area (Å²) >= 11 is 3.23. The number of thiophene rings is 2. The number of hydrogen-bond acceptors (Lipinski definition) is 4. The summed E-state index contributed by atoms with van der Waals surface area (Å²) in [4.78, 5) is 26.9. The Labute approximate surface area is 157 Å². The van der Waals surface area contributed by atoms with E-state index in [0.717, 1.165) is 31.7 Å². The van der Waals surface area contributed by atoms with Crippen LogP contribution in [0.3, 0.4) is 0 Å². The zero-order chi connectivity index (χ0) is 17.7. The fourth-order valence-corrected chi connectivity index (χ4v) is 5.22. The van der Waals surface area contributed by atoms with Gasteiger partial charge in [0, 0.05) is 44.2 Å². The Morgan fingerprint density at radius 1 is 1.15 bits per heavy atom. The molecular formula is C20H15N3OS2. The van der Waals surface area contributed by atoms with Gasteiger partial charge in [0.15, 0.2) is 0 Å². The van der Waals surface area contributed by atoms with E-state index in [4.69, 9.17) is 4.98 Å². The van der Waals surface area contributed by atoms with Crippen LogP contribution in [0.15, 0.2) is 52.8 Å². The second-order valence-corrected chi connectivity index (χ2v) is 8.43. The van der Waals surface area contributed by atoms with Crippen molar-refractivity contribution >= 4 is 43.8 Å². The molecule has 4 heterocycles. The topological polar surface area (TPSA) is 61.5 Å². The normalized spacial score (nSPS) is 11.6. The maximum atomic E-state index is 12.8. The Bertz CT molecular complexity index is 1310. The summed E-state index contributed by atoms with van der Waals surface area (Å²) in [6.07, 6.45) is 2.59. The van der Waals surface area contributed by atoms with Crippen LogP contribution in [0.2, 0.25) is 0 Å². The van der Waals surface area contributed by atoms with Gasteiger partial charge in [-0.3, -0.25) is 4.79 Å². The standard InChI is InChI=1S/C20H15N3OS2/c1-11-6-7-16(26-11)14-10-25-20-18(14)19(24)22-17(23-20)8-12-9-21-15-5-3-2-4-13(12)15/h2-7,9-10,21H,8H2,1H3,(H,22,23,24). The first-order valence-electron chi connectivity index (χ1n) is 8.31. The minimum absolute atomic E-state index is 0.0628. The molecule has 0 aliphatic heterocycles. The van der Waals surface area contributed by atoms with E-state index in [2.05, 4.69) is 35.1 Å². The molecule has 0 saturated heterocycles. The number of hydrogen-bond donors (Lipinski definition) is 2. The molecule has 2 N–H and O–H groups in total. The van der Waals surface area contributed by atoms with Crippen LogP contribution < -0.4 is 5.56 Å². The zero-order valence-corrected chi connectivity index (χ0v) is 15.6. The van der Waals surface area contributed by atoms with E-state index in [1.165, 1.54) is 16.2 Å². The van der Waals surface area contributed by atoms with Crippen LogP contribution in [0.1, 0.15) is 16.3 Å². The number of rotatable bonds is 3. The van der Waals surface area contributed by atoms with Crippen molar-refractivity contribution in [1.29, 1.82) is 0 Å². The number of aryl methyl sites for hydroxylation is 1. The summed E-state index contributed by atoms with van der Waals surface area (Å²) < 4.78 is 0. The van der Waals surface area contributed by atoms with Gasteiger partial charge in [-0.05, 0) is 30.7 Å². The summed E-state index contributed by atoms with van der Waals surface area (Å²) in [6.45, 7) is 2.07. The van der Waals surface area contributed by atoms with Crippen molar-refractivity contribution in [3.05, 3.63) is 74.6 Å². The lowest BCUT2D eigenvalue weighted by Gasteiger charge is -2.01. The Balaban J connectivity index is 1.59. The van der Waals surface area contributed by atoms with Gasteiger partial charge < -0.3 is 9.97 Å². The molecule has 0 amide bonds. The fraction of sp³-hybridized carbons (Fsp3) is 0.100. The van der Waals surface area contributed by atoms with Crippen LogP contribution in [0.4, 0.5) is 0 Å². The van der Waals surface area contributed by atoms with Gasteiger partial charge in [0.05, 0.1) is 5.39 Å². The number of benzene rings is 1. The number of fused-ring (bicyclic) bond motifs is 2. The first-order valence-corrected chi connectivity index (χ1v) is 10.0. The zero-order valence-electron chi connectivity index (χ0n) is 14.0. The van der Waals surface area contributed by atoms with Crippen molar-refractivity contribution in [3.63, 3.8) is 0 Å². The van der Waals surface area contributed by atoms with Gasteiger partial charge in [0.1, 0.15) is 10.7 Å². The van der Waals surface area contributed by atoms with Gasteiger partial charge in [0.25, 0.3) is 5.56 Å². The van der Waals surface area contributed by atoms with Crippen molar-refractivity contribution < 1.29 is 0 Å². The molecule has 0 atom stereocenters. The molecule has 0 aliphatic rings. The van der Waals surface area contributed by atoms with Crippen LogP contribution >= 0.6 is 22.7 Å². The SMILES string of the molecule is Cc1ccc(-c2csc3nc(Cc4c[nH]c5ccccc45)[nH]c(=O)c23)s1. The predicted octanol–water partition coefficient (Wildman–Crippen LogP) is 5.09. The first kappa shape index (κ1) is 15.5. The predicted molar refractivity (Wildman–Crippen MR) is 109 cm³/mol. The number of aromatic nitrogens is 3. The molecule has 0 radical (unpaired) electrons. The molecule has 0 fully saturated rings. The number of aromatic amines is 2. The maximum Gasteiger partial charge on any atom is 0.260 e. The summed E-state index contributed by atoms with van der Waals surface area (Å²) in [5, 5.41) is 3.89. The minimum atomic E-state index is -0.0628. The largest absolute Gasteiger partial charge is 0.361 e. The third-order valence-electron chi connectivity index (χ3n) is 4.53. The van der Waals surface area contributed by atoms with Crippen molar-refractivity contribution in [1.82, 2.24) is 15.0 Å². The summed E-state index contributed by atoms with van der Waals surface area (Å²) in [6, 6.07) is 12.3. The van der Waals surface area contributed by atoms with Crippen LogP contribution in [0, 0.1) is 6.92 Å². The van der Waals surface area contributed by atoms with E-state index >= 15 is 0 Å². The van der Waals surface area contributed by atoms with E-state index in [1.807, 2.05) is 29.8 Å². The monoisotopic (exact) mass is 377 g/mol. The van der Waals surface area contributed by atoms with E-state index in [1.54, 1.807) is 11.3 Å². The van der Waals surface area contributed by atoms with Gasteiger partial charge in [-0.25, -0.2) is 4.98 Å². The van der Waals surface area contributed by atoms with E-state index in [0.29, 0.717) is 17.6 Å². The maximum absolute atomic E-state index is 12.8. The van der Waals surface area contributed by atoms with Crippen molar-refractivity contribution in [2.24, 2.45) is 0 Å². The van der Waals surface area contributed by atoms with Crippen LogP contribution in [0.5, 0.6) is 0 Å². The smallest absolute Gasteiger partial charge is 0.260 e. The average Bonchev–Trinajstić information content (AvgIpc) is 3.34. The van der Waals surface area contributed by atoms with Gasteiger partial charge in [-0.1, -0.05) is 18.2 Å². The molecule has 5 rings (SSSR count). The van der Waals surface area contributed by atoms with E-state index in [9.17, 15) is 4.79 Å². The summed E-state index contributed by atoms with van der Waals surface area (Å²) in [5.74, 6) is 0.697. The highest BCUT2D eigenvalue weighted by molar-refractivity contribution is 7.19. The molecular weight excluding hydrogens is 362 g/mol. The lowest BCUT2D eigenvalue weighted by molar-refractivity contribution is 0.982. The third kappa shape index (κ3) is 2.50. The van der Waals surface area contributed by atoms with Crippen LogP contribution in [-0.4, -0.2) is 15.0 Å². The average molecular weight is 377 g/mol. The summed E-state index contributed by atoms with van der Waals surface area (Å²) in [7, 11) is 0. The van der Waals surface area contributed by atoms with Gasteiger partial charge >= 0.3 is 0 Å². The second kappa shape index (κ2) is 5.93. The molecule has 6 heteroatoms. The van der Waals surface area contributed by atoms with Crippen molar-refractivity contribution in [3.8, 4) is 10.4 Å². The molecule has 0 bridgehead atoms.